The summed E-state index contributed by atoms with van der Waals surface area (Å²) in [5.74, 6) is 0.716. The van der Waals surface area contributed by atoms with Gasteiger partial charge in [0.1, 0.15) is 23.7 Å². The summed E-state index contributed by atoms with van der Waals surface area (Å²) < 4.78 is 45.9. The van der Waals surface area contributed by atoms with Crippen molar-refractivity contribution in [3.05, 3.63) is 30.1 Å². The van der Waals surface area contributed by atoms with Crippen molar-refractivity contribution in [2.75, 3.05) is 31.6 Å². The Morgan fingerprint density at radius 3 is 2.75 bits per heavy atom. The van der Waals surface area contributed by atoms with Crippen molar-refractivity contribution in [2.24, 2.45) is 0 Å². The van der Waals surface area contributed by atoms with Crippen LogP contribution in [0, 0.1) is 6.92 Å². The summed E-state index contributed by atoms with van der Waals surface area (Å²) in [7, 11) is 0. The second-order valence-corrected chi connectivity index (χ2v) is 12.3. The predicted molar refractivity (Wildman–Crippen MR) is 159 cm³/mol. The van der Waals surface area contributed by atoms with E-state index >= 15 is 0 Å². The fraction of sp³-hybridized carbons (Fsp3) is 0.567. The molecule has 2 fully saturated rings. The van der Waals surface area contributed by atoms with Gasteiger partial charge in [-0.05, 0) is 77.5 Å². The highest BCUT2D eigenvalue weighted by atomic mass is 19.3. The largest absolute Gasteiger partial charge is 0.486 e. The molecule has 2 aliphatic heterocycles. The predicted octanol–water partition coefficient (Wildman–Crippen LogP) is 5.60. The number of rotatable bonds is 7. The molecule has 0 aromatic carbocycles. The second kappa shape index (κ2) is 12.1. The maximum atomic E-state index is 12.8. The first kappa shape index (κ1) is 30.0. The van der Waals surface area contributed by atoms with Gasteiger partial charge in [-0.25, -0.2) is 32.7 Å². The van der Waals surface area contributed by atoms with Crippen LogP contribution in [0.25, 0.3) is 27.9 Å². The van der Waals surface area contributed by atoms with Crippen LogP contribution < -0.4 is 10.1 Å². The Labute approximate surface area is 253 Å². The van der Waals surface area contributed by atoms with Crippen LogP contribution in [0.3, 0.4) is 0 Å². The summed E-state index contributed by atoms with van der Waals surface area (Å²) in [6.07, 6.45) is 4.60. The number of carbonyl (C=O) groups excluding carboxylic acids is 1. The number of anilines is 1. The van der Waals surface area contributed by atoms with E-state index in [1.54, 1.807) is 38.6 Å². The number of likely N-dealkylation sites (tertiary alicyclic amines) is 1. The summed E-state index contributed by atoms with van der Waals surface area (Å²) in [4.78, 5) is 23.9. The fourth-order valence-corrected chi connectivity index (χ4v) is 5.66. The third-order valence-corrected chi connectivity index (χ3v) is 7.65. The number of hydrogen-bond acceptors (Lipinski definition) is 9. The molecule has 0 saturated carbocycles. The average molecular weight is 613 g/mol. The van der Waals surface area contributed by atoms with Gasteiger partial charge in [0.05, 0.1) is 22.8 Å². The fourth-order valence-electron chi connectivity index (χ4n) is 5.66. The van der Waals surface area contributed by atoms with Gasteiger partial charge >= 0.3 is 6.09 Å². The smallest absolute Gasteiger partial charge is 0.410 e. The number of aromatic nitrogens is 6. The number of halogens is 2. The Morgan fingerprint density at radius 2 is 2.00 bits per heavy atom. The molecule has 0 bridgehead atoms. The lowest BCUT2D eigenvalue weighted by Gasteiger charge is -2.34. The molecular weight excluding hydrogens is 574 g/mol. The molecule has 0 spiro atoms. The SMILES string of the molecule is Cc1cnc(N[C@H]2CCCN(C(=O)OC(C)(C)C)C2)nc1-c1nn(C2CCCCO2)c2nn3cc(OCC(F)F)ccc3c12. The summed E-state index contributed by atoms with van der Waals surface area (Å²) in [6, 6.07) is 3.39. The van der Waals surface area contributed by atoms with Crippen LogP contribution >= 0.6 is 0 Å². The van der Waals surface area contributed by atoms with Crippen molar-refractivity contribution in [3.63, 3.8) is 0 Å². The number of alkyl halides is 2. The van der Waals surface area contributed by atoms with Crippen molar-refractivity contribution < 1.29 is 27.8 Å². The molecule has 12 nitrogen and oxygen atoms in total. The molecule has 2 atom stereocenters. The third kappa shape index (κ3) is 6.40. The summed E-state index contributed by atoms with van der Waals surface area (Å²) >= 11 is 0. The first-order valence-corrected chi connectivity index (χ1v) is 15.1. The second-order valence-electron chi connectivity index (χ2n) is 12.3. The lowest BCUT2D eigenvalue weighted by molar-refractivity contribution is -0.0369. The van der Waals surface area contributed by atoms with Gasteiger partial charge < -0.3 is 24.4 Å². The van der Waals surface area contributed by atoms with Gasteiger partial charge in [-0.1, -0.05) is 0 Å². The highest BCUT2D eigenvalue weighted by Gasteiger charge is 2.30. The van der Waals surface area contributed by atoms with E-state index < -0.39 is 18.6 Å². The first-order chi connectivity index (χ1) is 21.1. The highest BCUT2D eigenvalue weighted by molar-refractivity contribution is 6.03. The molecule has 2 saturated heterocycles. The average Bonchev–Trinajstić information content (AvgIpc) is 3.54. The third-order valence-electron chi connectivity index (χ3n) is 7.65. The van der Waals surface area contributed by atoms with Crippen LogP contribution in [0.1, 0.15) is 64.7 Å². The molecule has 1 N–H and O–H groups in total. The van der Waals surface area contributed by atoms with E-state index in [0.29, 0.717) is 42.7 Å². The number of aryl methyl sites for hydroxylation is 1. The van der Waals surface area contributed by atoms with E-state index in [1.165, 1.54) is 0 Å². The molecule has 44 heavy (non-hydrogen) atoms. The van der Waals surface area contributed by atoms with Crippen LogP contribution in [0.15, 0.2) is 24.5 Å². The molecule has 6 heterocycles. The Bertz CT molecular complexity index is 1640. The van der Waals surface area contributed by atoms with Crippen molar-refractivity contribution >= 4 is 28.6 Å². The standard InChI is InChI=1S/C30H38F2N8O4/c1-18-14-33-28(34-19-8-7-12-38(15-19)29(41)44-30(2,3)4)35-25(18)26-24-21-11-10-20(43-17-22(31)32)16-39(21)37-27(24)40(36-26)23-9-5-6-13-42-23/h10-11,14,16,19,22-23H,5-9,12-13,15,17H2,1-4H3,(H,33,34,35)/t19-,23?/m0/s1. The Morgan fingerprint density at radius 1 is 1.16 bits per heavy atom. The van der Waals surface area contributed by atoms with Crippen LogP contribution in [0.4, 0.5) is 19.5 Å². The van der Waals surface area contributed by atoms with E-state index in [0.717, 1.165) is 48.6 Å². The Hall–Kier alpha value is -4.07. The van der Waals surface area contributed by atoms with Gasteiger partial charge in [-0.3, -0.25) is 0 Å². The number of nitrogens with one attached hydrogen (secondary N) is 1. The topological polar surface area (TPSA) is 121 Å². The first-order valence-electron chi connectivity index (χ1n) is 15.1. The minimum Gasteiger partial charge on any atom is -0.486 e. The normalized spacial score (nSPS) is 19.6. The molecular formula is C30H38F2N8O4. The Kier molecular flexibility index (Phi) is 8.27. The lowest BCUT2D eigenvalue weighted by atomic mass is 10.1. The van der Waals surface area contributed by atoms with E-state index in [1.807, 2.05) is 27.7 Å². The molecule has 236 valence electrons. The maximum absolute atomic E-state index is 12.8. The maximum Gasteiger partial charge on any atom is 0.410 e. The molecule has 14 heteroatoms. The number of hydrogen-bond donors (Lipinski definition) is 1. The number of carbonyl (C=O) groups is 1. The zero-order chi connectivity index (χ0) is 31.0. The molecule has 6 rings (SSSR count). The van der Waals surface area contributed by atoms with Crippen LogP contribution in [-0.2, 0) is 9.47 Å². The molecule has 1 unspecified atom stereocenters. The van der Waals surface area contributed by atoms with E-state index in [2.05, 4.69) is 10.3 Å². The number of ether oxygens (including phenoxy) is 3. The molecule has 1 amide bonds. The van der Waals surface area contributed by atoms with Crippen LogP contribution in [-0.4, -0.2) is 84.7 Å². The lowest BCUT2D eigenvalue weighted by Crippen LogP contribution is -2.47. The van der Waals surface area contributed by atoms with Gasteiger partial charge in [0.2, 0.25) is 5.95 Å². The zero-order valence-electron chi connectivity index (χ0n) is 25.4. The van der Waals surface area contributed by atoms with Crippen LogP contribution in [0.2, 0.25) is 0 Å². The monoisotopic (exact) mass is 612 g/mol. The van der Waals surface area contributed by atoms with Crippen molar-refractivity contribution in [3.8, 4) is 17.1 Å². The number of pyridine rings is 1. The van der Waals surface area contributed by atoms with Gasteiger partial charge in [-0.15, -0.1) is 5.10 Å². The van der Waals surface area contributed by atoms with Crippen LogP contribution in [0.5, 0.6) is 5.75 Å². The van der Waals surface area contributed by atoms with Gasteiger partial charge in [0.15, 0.2) is 11.9 Å². The number of amides is 1. The minimum absolute atomic E-state index is 0.0522. The molecule has 4 aromatic rings. The van der Waals surface area contributed by atoms with E-state index in [4.69, 9.17) is 29.4 Å². The quantitative estimate of drug-likeness (QED) is 0.284. The number of fused-ring (bicyclic) bond motifs is 3. The summed E-state index contributed by atoms with van der Waals surface area (Å²) in [5.41, 5.74) is 2.84. The number of piperidine rings is 1. The number of nitrogens with zero attached hydrogens (tertiary/aromatic N) is 7. The van der Waals surface area contributed by atoms with E-state index in [9.17, 15) is 13.6 Å². The van der Waals surface area contributed by atoms with Gasteiger partial charge in [0, 0.05) is 31.9 Å². The van der Waals surface area contributed by atoms with Gasteiger partial charge in [-0.2, -0.15) is 5.10 Å². The summed E-state index contributed by atoms with van der Waals surface area (Å²) in [5, 5.41) is 14.0. The minimum atomic E-state index is -2.58. The van der Waals surface area contributed by atoms with Gasteiger partial charge in [0.25, 0.3) is 6.43 Å². The molecule has 4 aromatic heterocycles. The van der Waals surface area contributed by atoms with Crippen molar-refractivity contribution in [2.45, 2.75) is 84.1 Å². The van der Waals surface area contributed by atoms with Crippen molar-refractivity contribution in [1.82, 2.24) is 34.3 Å². The van der Waals surface area contributed by atoms with E-state index in [-0.39, 0.29) is 24.1 Å². The molecule has 2 aliphatic rings. The summed E-state index contributed by atoms with van der Waals surface area (Å²) in [6.45, 7) is 8.53. The molecule has 0 radical (unpaired) electrons. The van der Waals surface area contributed by atoms with Crippen molar-refractivity contribution in [1.29, 1.82) is 0 Å². The Balaban J connectivity index is 1.34. The highest BCUT2D eigenvalue weighted by Crippen LogP contribution is 2.36. The molecule has 0 aliphatic carbocycles. The zero-order valence-corrected chi connectivity index (χ0v) is 25.4.